The Morgan fingerprint density at radius 3 is 1.95 bits per heavy atom. The number of anilines is 2. The van der Waals surface area contributed by atoms with E-state index in [0.717, 1.165) is 6.04 Å². The van der Waals surface area contributed by atoms with E-state index in [1.165, 1.54) is 82.3 Å². The zero-order chi connectivity index (χ0) is 14.8. The lowest BCUT2D eigenvalue weighted by Gasteiger charge is -2.43. The molecule has 0 bridgehead atoms. The Kier molecular flexibility index (Phi) is 4.00. The quantitative estimate of drug-likeness (QED) is 0.803. The van der Waals surface area contributed by atoms with Crippen LogP contribution in [-0.2, 0) is 0 Å². The van der Waals surface area contributed by atoms with Gasteiger partial charge < -0.3 is 15.5 Å². The van der Waals surface area contributed by atoms with Crippen molar-refractivity contribution in [2.75, 3.05) is 23.7 Å². The third-order valence-corrected chi connectivity index (χ3v) is 5.92. The second-order valence-electron chi connectivity index (χ2n) is 7.41. The summed E-state index contributed by atoms with van der Waals surface area (Å²) in [6.07, 6.45) is 12.5. The van der Waals surface area contributed by atoms with Gasteiger partial charge in [0.2, 0.25) is 0 Å². The van der Waals surface area contributed by atoms with E-state index in [4.69, 9.17) is 0 Å². The summed E-state index contributed by atoms with van der Waals surface area (Å²) in [5.41, 5.74) is 2.67. The molecule has 0 amide bonds. The Balaban J connectivity index is 1.37. The van der Waals surface area contributed by atoms with Gasteiger partial charge in [0.25, 0.3) is 0 Å². The number of rotatable bonds is 1. The number of hydrogen-bond acceptors (Lipinski definition) is 3. The maximum absolute atomic E-state index is 3.76. The van der Waals surface area contributed by atoms with Gasteiger partial charge in [-0.3, -0.25) is 0 Å². The van der Waals surface area contributed by atoms with Crippen LogP contribution in [0.15, 0.2) is 24.3 Å². The number of para-hydroxylation sites is 2. The number of hydrogen-bond donors (Lipinski definition) is 2. The molecule has 0 unspecified atom stereocenters. The molecule has 4 rings (SSSR count). The molecule has 3 heteroatoms. The molecule has 2 N–H and O–H groups in total. The number of nitrogens with one attached hydrogen (secondary N) is 2. The van der Waals surface area contributed by atoms with Crippen LogP contribution in [0.25, 0.3) is 0 Å². The third kappa shape index (κ3) is 2.83. The molecule has 3 nitrogen and oxygen atoms in total. The van der Waals surface area contributed by atoms with Gasteiger partial charge in [-0.2, -0.15) is 0 Å². The third-order valence-electron chi connectivity index (χ3n) is 5.92. The number of piperidine rings is 1. The van der Waals surface area contributed by atoms with Crippen LogP contribution in [0, 0.1) is 0 Å². The molecule has 2 fully saturated rings. The zero-order valence-electron chi connectivity index (χ0n) is 13.6. The van der Waals surface area contributed by atoms with E-state index < -0.39 is 0 Å². The van der Waals surface area contributed by atoms with Crippen molar-refractivity contribution in [2.45, 2.75) is 69.5 Å². The molecule has 1 aromatic carbocycles. The minimum atomic E-state index is 0.113. The van der Waals surface area contributed by atoms with Crippen molar-refractivity contribution >= 4 is 11.4 Å². The van der Waals surface area contributed by atoms with Crippen molar-refractivity contribution in [1.82, 2.24) is 4.90 Å². The average Bonchev–Trinajstić information content (AvgIpc) is 2.86. The molecule has 0 aromatic heterocycles. The largest absolute Gasteiger partial charge is 0.361 e. The van der Waals surface area contributed by atoms with E-state index in [-0.39, 0.29) is 5.66 Å². The minimum Gasteiger partial charge on any atom is -0.361 e. The Bertz CT molecular complexity index is 470. The average molecular weight is 299 g/mol. The van der Waals surface area contributed by atoms with E-state index in [1.54, 1.807) is 0 Å². The zero-order valence-corrected chi connectivity index (χ0v) is 13.6. The van der Waals surface area contributed by atoms with Crippen LogP contribution in [0.5, 0.6) is 0 Å². The summed E-state index contributed by atoms with van der Waals surface area (Å²) < 4.78 is 0. The maximum Gasteiger partial charge on any atom is 0.110 e. The summed E-state index contributed by atoms with van der Waals surface area (Å²) in [5, 5.41) is 7.52. The second kappa shape index (κ2) is 6.11. The van der Waals surface area contributed by atoms with Gasteiger partial charge in [-0.15, -0.1) is 0 Å². The summed E-state index contributed by atoms with van der Waals surface area (Å²) in [7, 11) is 0. The van der Waals surface area contributed by atoms with Crippen molar-refractivity contribution in [3.05, 3.63) is 24.3 Å². The van der Waals surface area contributed by atoms with E-state index in [0.29, 0.717) is 0 Å². The van der Waals surface area contributed by atoms with Crippen LogP contribution in [0.2, 0.25) is 0 Å². The number of benzene rings is 1. The predicted octanol–water partition coefficient (Wildman–Crippen LogP) is 4.43. The maximum atomic E-state index is 3.76. The van der Waals surface area contributed by atoms with Crippen LogP contribution < -0.4 is 10.6 Å². The molecule has 3 aliphatic rings. The lowest BCUT2D eigenvalue weighted by molar-refractivity contribution is 0.116. The van der Waals surface area contributed by atoms with Crippen LogP contribution in [0.1, 0.15) is 57.8 Å². The van der Waals surface area contributed by atoms with Crippen LogP contribution in [0.4, 0.5) is 11.4 Å². The van der Waals surface area contributed by atoms with E-state index in [1.807, 2.05) is 0 Å². The van der Waals surface area contributed by atoms with Crippen molar-refractivity contribution < 1.29 is 0 Å². The van der Waals surface area contributed by atoms with Gasteiger partial charge in [0.05, 0.1) is 11.4 Å². The van der Waals surface area contributed by atoms with Gasteiger partial charge in [-0.1, -0.05) is 44.2 Å². The highest BCUT2D eigenvalue weighted by molar-refractivity contribution is 5.76. The minimum absolute atomic E-state index is 0.113. The van der Waals surface area contributed by atoms with Gasteiger partial charge >= 0.3 is 0 Å². The Labute approximate surface area is 134 Å². The summed E-state index contributed by atoms with van der Waals surface area (Å²) in [4.78, 5) is 2.78. The second-order valence-corrected chi connectivity index (χ2v) is 7.41. The molecule has 2 heterocycles. The van der Waals surface area contributed by atoms with Crippen LogP contribution in [-0.4, -0.2) is 29.7 Å². The lowest BCUT2D eigenvalue weighted by atomic mass is 9.91. The number of likely N-dealkylation sites (tertiary alicyclic amines) is 1. The first-order valence-corrected chi connectivity index (χ1v) is 9.24. The lowest BCUT2D eigenvalue weighted by Crippen LogP contribution is -2.54. The molecule has 22 heavy (non-hydrogen) atoms. The molecule has 0 atom stereocenters. The Morgan fingerprint density at radius 2 is 1.36 bits per heavy atom. The van der Waals surface area contributed by atoms with E-state index in [2.05, 4.69) is 39.8 Å². The molecule has 0 radical (unpaired) electrons. The topological polar surface area (TPSA) is 27.3 Å². The Morgan fingerprint density at radius 1 is 0.818 bits per heavy atom. The summed E-state index contributed by atoms with van der Waals surface area (Å²) in [5.74, 6) is 0. The van der Waals surface area contributed by atoms with Gasteiger partial charge in [-0.05, 0) is 25.0 Å². The van der Waals surface area contributed by atoms with Gasteiger partial charge in [-0.25, -0.2) is 0 Å². The van der Waals surface area contributed by atoms with Crippen molar-refractivity contribution in [3.8, 4) is 0 Å². The summed E-state index contributed by atoms with van der Waals surface area (Å²) in [6, 6.07) is 9.48. The smallest absolute Gasteiger partial charge is 0.110 e. The fraction of sp³-hybridized carbons (Fsp3) is 0.684. The standard InChI is InChI=1S/C19H29N3/c1-2-4-8-16(9-5-3-1)22-14-12-19(13-15-22)20-17-10-6-7-11-18(17)21-19/h6-7,10-11,16,20-21H,1-5,8-9,12-15H2. The first-order chi connectivity index (χ1) is 10.8. The molecule has 1 aromatic rings. The summed E-state index contributed by atoms with van der Waals surface area (Å²) in [6.45, 7) is 2.47. The van der Waals surface area contributed by atoms with Crippen LogP contribution >= 0.6 is 0 Å². The SMILES string of the molecule is c1ccc2c(c1)NC1(CCN(C3CCCCCCC3)CC1)N2. The van der Waals surface area contributed by atoms with E-state index in [9.17, 15) is 0 Å². The molecular weight excluding hydrogens is 270 g/mol. The monoisotopic (exact) mass is 299 g/mol. The molecule has 1 saturated heterocycles. The van der Waals surface area contributed by atoms with Gasteiger partial charge in [0, 0.05) is 32.0 Å². The molecule has 1 aliphatic carbocycles. The molecule has 1 spiro atoms. The first kappa shape index (κ1) is 14.4. The van der Waals surface area contributed by atoms with Crippen LogP contribution in [0.3, 0.4) is 0 Å². The van der Waals surface area contributed by atoms with Crippen molar-refractivity contribution in [1.29, 1.82) is 0 Å². The summed E-state index contributed by atoms with van der Waals surface area (Å²) >= 11 is 0. The highest BCUT2D eigenvalue weighted by atomic mass is 15.3. The van der Waals surface area contributed by atoms with Crippen molar-refractivity contribution in [3.63, 3.8) is 0 Å². The number of nitrogens with zero attached hydrogens (tertiary/aromatic N) is 1. The Hall–Kier alpha value is -1.22. The van der Waals surface area contributed by atoms with Gasteiger partial charge in [0.15, 0.2) is 0 Å². The molecular formula is C19H29N3. The highest BCUT2D eigenvalue weighted by Crippen LogP contribution is 2.39. The first-order valence-electron chi connectivity index (χ1n) is 9.24. The normalized spacial score (nSPS) is 25.8. The molecule has 1 saturated carbocycles. The van der Waals surface area contributed by atoms with Gasteiger partial charge in [0.1, 0.15) is 5.66 Å². The highest BCUT2D eigenvalue weighted by Gasteiger charge is 2.40. The molecule has 2 aliphatic heterocycles. The fourth-order valence-electron chi connectivity index (χ4n) is 4.57. The van der Waals surface area contributed by atoms with Crippen molar-refractivity contribution in [2.24, 2.45) is 0 Å². The predicted molar refractivity (Wildman–Crippen MR) is 93.3 cm³/mol. The van der Waals surface area contributed by atoms with E-state index >= 15 is 0 Å². The molecule has 120 valence electrons. The number of fused-ring (bicyclic) bond motifs is 1. The fourth-order valence-corrected chi connectivity index (χ4v) is 4.57.